The van der Waals surface area contributed by atoms with Crippen LogP contribution in [-0.2, 0) is 0 Å². The van der Waals surface area contributed by atoms with Crippen molar-refractivity contribution in [1.82, 2.24) is 15.3 Å². The van der Waals surface area contributed by atoms with Gasteiger partial charge >= 0.3 is 0 Å². The summed E-state index contributed by atoms with van der Waals surface area (Å²) in [4.78, 5) is 9.29. The second-order valence-corrected chi connectivity index (χ2v) is 6.60. The van der Waals surface area contributed by atoms with E-state index in [1.807, 2.05) is 6.92 Å². The molecule has 1 aromatic rings. The van der Waals surface area contributed by atoms with Crippen LogP contribution in [0.3, 0.4) is 0 Å². The summed E-state index contributed by atoms with van der Waals surface area (Å²) < 4.78 is 0. The van der Waals surface area contributed by atoms with Crippen LogP contribution >= 0.6 is 0 Å². The zero-order valence-electron chi connectivity index (χ0n) is 13.2. The van der Waals surface area contributed by atoms with E-state index in [4.69, 9.17) is 0 Å². The van der Waals surface area contributed by atoms with Crippen molar-refractivity contribution >= 4 is 5.82 Å². The van der Waals surface area contributed by atoms with E-state index >= 15 is 0 Å². The number of rotatable bonds is 3. The fourth-order valence-electron chi connectivity index (χ4n) is 3.61. The topological polar surface area (TPSA) is 49.8 Å². The molecule has 4 heteroatoms. The zero-order chi connectivity index (χ0) is 14.5. The minimum absolute atomic E-state index is 0.551. The molecule has 2 heterocycles. The van der Waals surface area contributed by atoms with Crippen LogP contribution in [0.5, 0.6) is 0 Å². The Kier molecular flexibility index (Phi) is 5.07. The third-order valence-electron chi connectivity index (χ3n) is 4.78. The lowest BCUT2D eigenvalue weighted by Gasteiger charge is -2.23. The summed E-state index contributed by atoms with van der Waals surface area (Å²) in [5, 5.41) is 7.15. The maximum Gasteiger partial charge on any atom is 0.130 e. The lowest BCUT2D eigenvalue weighted by molar-refractivity contribution is 0.453. The van der Waals surface area contributed by atoms with Crippen LogP contribution in [0.1, 0.15) is 68.8 Å². The Morgan fingerprint density at radius 1 is 1.05 bits per heavy atom. The number of nitrogens with zero attached hydrogens (tertiary/aromatic N) is 2. The van der Waals surface area contributed by atoms with Gasteiger partial charge in [-0.05, 0) is 39.2 Å². The zero-order valence-corrected chi connectivity index (χ0v) is 13.2. The Balaban J connectivity index is 1.70. The van der Waals surface area contributed by atoms with E-state index in [9.17, 15) is 0 Å². The molecule has 1 aliphatic heterocycles. The summed E-state index contributed by atoms with van der Waals surface area (Å²) in [7, 11) is 0. The lowest BCUT2D eigenvalue weighted by Crippen LogP contribution is -2.29. The molecule has 1 aromatic heterocycles. The Morgan fingerprint density at radius 2 is 1.86 bits per heavy atom. The first-order chi connectivity index (χ1) is 10.3. The summed E-state index contributed by atoms with van der Waals surface area (Å²) in [5.41, 5.74) is 1.21. The lowest BCUT2D eigenvalue weighted by atomic mass is 9.96. The van der Waals surface area contributed by atoms with Gasteiger partial charge in [0, 0.05) is 24.6 Å². The molecule has 0 radical (unpaired) electrons. The molecule has 0 bridgehead atoms. The molecular formula is C17H28N4. The molecule has 0 unspecified atom stereocenters. The number of nitrogens with one attached hydrogen (secondary N) is 2. The first kappa shape index (κ1) is 14.8. The SMILES string of the molecule is Cc1nc(NC2CCCCCC2)cc([C@@H]2CCCNC2)n1. The van der Waals surface area contributed by atoms with Crippen molar-refractivity contribution in [2.45, 2.75) is 70.3 Å². The van der Waals surface area contributed by atoms with Gasteiger partial charge in [-0.1, -0.05) is 25.7 Å². The van der Waals surface area contributed by atoms with E-state index in [1.165, 1.54) is 57.1 Å². The molecule has 0 amide bonds. The smallest absolute Gasteiger partial charge is 0.130 e. The Morgan fingerprint density at radius 3 is 2.57 bits per heavy atom. The minimum atomic E-state index is 0.551. The van der Waals surface area contributed by atoms with Crippen molar-refractivity contribution in [2.75, 3.05) is 18.4 Å². The van der Waals surface area contributed by atoms with Gasteiger partial charge in [-0.15, -0.1) is 0 Å². The number of aromatic nitrogens is 2. The van der Waals surface area contributed by atoms with Gasteiger partial charge in [0.15, 0.2) is 0 Å². The van der Waals surface area contributed by atoms with Gasteiger partial charge in [0.2, 0.25) is 0 Å². The molecule has 1 saturated heterocycles. The van der Waals surface area contributed by atoms with Crippen LogP contribution in [0.25, 0.3) is 0 Å². The van der Waals surface area contributed by atoms with Crippen molar-refractivity contribution in [3.8, 4) is 0 Å². The van der Waals surface area contributed by atoms with Crippen LogP contribution < -0.4 is 10.6 Å². The molecule has 0 aromatic carbocycles. The number of aryl methyl sites for hydroxylation is 1. The molecule has 2 aliphatic rings. The van der Waals surface area contributed by atoms with Gasteiger partial charge in [0.25, 0.3) is 0 Å². The molecule has 3 rings (SSSR count). The molecule has 1 saturated carbocycles. The van der Waals surface area contributed by atoms with Crippen molar-refractivity contribution in [1.29, 1.82) is 0 Å². The van der Waals surface area contributed by atoms with Gasteiger partial charge in [-0.3, -0.25) is 0 Å². The molecule has 2 N–H and O–H groups in total. The van der Waals surface area contributed by atoms with Gasteiger partial charge in [-0.2, -0.15) is 0 Å². The monoisotopic (exact) mass is 288 g/mol. The summed E-state index contributed by atoms with van der Waals surface area (Å²) in [5.74, 6) is 2.49. The van der Waals surface area contributed by atoms with Crippen molar-refractivity contribution < 1.29 is 0 Å². The maximum atomic E-state index is 4.68. The first-order valence-corrected chi connectivity index (χ1v) is 8.64. The van der Waals surface area contributed by atoms with Crippen LogP contribution in [0, 0.1) is 6.92 Å². The molecule has 116 valence electrons. The van der Waals surface area contributed by atoms with E-state index in [1.54, 1.807) is 0 Å². The highest BCUT2D eigenvalue weighted by atomic mass is 15.0. The summed E-state index contributed by atoms with van der Waals surface area (Å²) in [6.45, 7) is 4.21. The number of hydrogen-bond donors (Lipinski definition) is 2. The van der Waals surface area contributed by atoms with Crippen molar-refractivity contribution in [3.63, 3.8) is 0 Å². The minimum Gasteiger partial charge on any atom is -0.367 e. The maximum absolute atomic E-state index is 4.68. The Bertz CT molecular complexity index is 446. The van der Waals surface area contributed by atoms with Crippen molar-refractivity contribution in [3.05, 3.63) is 17.6 Å². The highest BCUT2D eigenvalue weighted by Gasteiger charge is 2.19. The molecule has 1 atom stereocenters. The molecule has 2 fully saturated rings. The third kappa shape index (κ3) is 4.16. The summed E-state index contributed by atoms with van der Waals surface area (Å²) >= 11 is 0. The normalized spacial score (nSPS) is 24.5. The second-order valence-electron chi connectivity index (χ2n) is 6.60. The average molecular weight is 288 g/mol. The first-order valence-electron chi connectivity index (χ1n) is 8.64. The third-order valence-corrected chi connectivity index (χ3v) is 4.78. The van der Waals surface area contributed by atoms with E-state index in [0.29, 0.717) is 12.0 Å². The van der Waals surface area contributed by atoms with Crippen LogP contribution in [0.4, 0.5) is 5.82 Å². The van der Waals surface area contributed by atoms with Gasteiger partial charge < -0.3 is 10.6 Å². The highest BCUT2D eigenvalue weighted by molar-refractivity contribution is 5.38. The summed E-state index contributed by atoms with van der Waals surface area (Å²) in [6.07, 6.45) is 10.5. The molecule has 21 heavy (non-hydrogen) atoms. The standard InChI is InChI=1S/C17H28N4/c1-13-19-16(14-7-6-10-18-12-14)11-17(20-13)21-15-8-4-2-3-5-9-15/h11,14-15,18H,2-10,12H2,1H3,(H,19,20,21)/t14-/m1/s1. The number of piperidine rings is 1. The molecule has 1 aliphatic carbocycles. The second kappa shape index (κ2) is 7.21. The predicted octanol–water partition coefficient (Wildman–Crippen LogP) is 3.39. The van der Waals surface area contributed by atoms with Crippen molar-refractivity contribution in [2.24, 2.45) is 0 Å². The molecule has 0 spiro atoms. The predicted molar refractivity (Wildman–Crippen MR) is 86.7 cm³/mol. The summed E-state index contributed by atoms with van der Waals surface area (Å²) in [6, 6.07) is 2.79. The fraction of sp³-hybridized carbons (Fsp3) is 0.765. The van der Waals surface area contributed by atoms with E-state index in [2.05, 4.69) is 26.7 Å². The molecular weight excluding hydrogens is 260 g/mol. The van der Waals surface area contributed by atoms with Crippen LogP contribution in [-0.4, -0.2) is 29.1 Å². The van der Waals surface area contributed by atoms with Crippen LogP contribution in [0.2, 0.25) is 0 Å². The van der Waals surface area contributed by atoms with E-state index in [0.717, 1.165) is 24.7 Å². The van der Waals surface area contributed by atoms with E-state index < -0.39 is 0 Å². The highest BCUT2D eigenvalue weighted by Crippen LogP contribution is 2.25. The van der Waals surface area contributed by atoms with E-state index in [-0.39, 0.29) is 0 Å². The molecule has 4 nitrogen and oxygen atoms in total. The number of anilines is 1. The average Bonchev–Trinajstić information content (AvgIpc) is 2.76. The Labute approximate surface area is 128 Å². The fourth-order valence-corrected chi connectivity index (χ4v) is 3.61. The van der Waals surface area contributed by atoms with Gasteiger partial charge in [0.1, 0.15) is 11.6 Å². The quantitative estimate of drug-likeness (QED) is 0.837. The van der Waals surface area contributed by atoms with Crippen LogP contribution in [0.15, 0.2) is 6.07 Å². The van der Waals surface area contributed by atoms with Gasteiger partial charge in [0.05, 0.1) is 5.69 Å². The largest absolute Gasteiger partial charge is 0.367 e. The van der Waals surface area contributed by atoms with Gasteiger partial charge in [-0.25, -0.2) is 9.97 Å². The number of hydrogen-bond acceptors (Lipinski definition) is 4. The Hall–Kier alpha value is -1.16.